The van der Waals surface area contributed by atoms with Crippen molar-refractivity contribution in [3.8, 4) is 5.88 Å². The molecule has 0 amide bonds. The number of aromatic nitrogens is 2. The molecule has 5 nitrogen and oxygen atoms in total. The molecule has 3 aromatic rings. The number of ether oxygens (including phenoxy) is 1. The smallest absolute Gasteiger partial charge is 0.232 e. The standard InChI is InChI=1S/C24H30N4O/c1-24(2,3)18-4-6-19(7-5-18)27-20-8-9-21-22(14-20)28-23(15-26-21)29-16-17-10-12-25-13-11-17/h4-9,14-15,17,25,27H,10-13,16H2,1-3H3. The van der Waals surface area contributed by atoms with Crippen LogP contribution in [0.25, 0.3) is 11.0 Å². The van der Waals surface area contributed by atoms with Crippen LogP contribution in [0.4, 0.5) is 11.4 Å². The first-order valence-corrected chi connectivity index (χ1v) is 10.5. The molecule has 1 aromatic heterocycles. The normalized spacial score (nSPS) is 15.4. The number of hydrogen-bond donors (Lipinski definition) is 2. The van der Waals surface area contributed by atoms with Gasteiger partial charge in [-0.15, -0.1) is 0 Å². The second kappa shape index (κ2) is 8.37. The number of benzene rings is 2. The summed E-state index contributed by atoms with van der Waals surface area (Å²) in [4.78, 5) is 9.17. The molecule has 0 spiro atoms. The fourth-order valence-electron chi connectivity index (χ4n) is 3.61. The van der Waals surface area contributed by atoms with Crippen molar-refractivity contribution in [2.75, 3.05) is 25.0 Å². The first-order valence-electron chi connectivity index (χ1n) is 10.5. The van der Waals surface area contributed by atoms with E-state index in [1.165, 1.54) is 5.56 Å². The van der Waals surface area contributed by atoms with Crippen LogP contribution in [0, 0.1) is 5.92 Å². The molecule has 152 valence electrons. The summed E-state index contributed by atoms with van der Waals surface area (Å²) in [6.07, 6.45) is 4.04. The monoisotopic (exact) mass is 390 g/mol. The van der Waals surface area contributed by atoms with Crippen molar-refractivity contribution >= 4 is 22.4 Å². The van der Waals surface area contributed by atoms with E-state index in [0.717, 1.165) is 48.3 Å². The lowest BCUT2D eigenvalue weighted by molar-refractivity contribution is 0.209. The SMILES string of the molecule is CC(C)(C)c1ccc(Nc2ccc3ncc(OCC4CCNCC4)nc3c2)cc1. The van der Waals surface area contributed by atoms with Crippen molar-refractivity contribution < 1.29 is 4.74 Å². The first kappa shape index (κ1) is 19.6. The lowest BCUT2D eigenvalue weighted by Gasteiger charge is -2.22. The average Bonchev–Trinajstić information content (AvgIpc) is 2.72. The van der Waals surface area contributed by atoms with Gasteiger partial charge in [-0.2, -0.15) is 0 Å². The van der Waals surface area contributed by atoms with Crippen LogP contribution in [-0.2, 0) is 5.41 Å². The number of hydrogen-bond acceptors (Lipinski definition) is 5. The number of rotatable bonds is 5. The van der Waals surface area contributed by atoms with Gasteiger partial charge in [0.2, 0.25) is 5.88 Å². The minimum Gasteiger partial charge on any atom is -0.476 e. The molecule has 5 heteroatoms. The molecule has 0 saturated carbocycles. The summed E-state index contributed by atoms with van der Waals surface area (Å²) in [6.45, 7) is 9.53. The van der Waals surface area contributed by atoms with Crippen molar-refractivity contribution in [1.29, 1.82) is 0 Å². The zero-order valence-corrected chi connectivity index (χ0v) is 17.5. The van der Waals surface area contributed by atoms with Gasteiger partial charge in [-0.3, -0.25) is 0 Å². The number of piperidine rings is 1. The number of nitrogens with zero attached hydrogens (tertiary/aromatic N) is 2. The topological polar surface area (TPSA) is 59.1 Å². The Morgan fingerprint density at radius 3 is 2.45 bits per heavy atom. The van der Waals surface area contributed by atoms with Crippen LogP contribution in [-0.4, -0.2) is 29.7 Å². The summed E-state index contributed by atoms with van der Waals surface area (Å²) < 4.78 is 5.93. The number of fused-ring (bicyclic) bond motifs is 1. The summed E-state index contributed by atoms with van der Waals surface area (Å²) in [6, 6.07) is 14.6. The number of anilines is 2. The van der Waals surface area contributed by atoms with Gasteiger partial charge < -0.3 is 15.4 Å². The van der Waals surface area contributed by atoms with Crippen LogP contribution in [0.5, 0.6) is 5.88 Å². The summed E-state index contributed by atoms with van der Waals surface area (Å²) in [5, 5.41) is 6.85. The molecule has 1 aliphatic rings. The van der Waals surface area contributed by atoms with Crippen molar-refractivity contribution in [3.63, 3.8) is 0 Å². The Bertz CT molecular complexity index is 957. The zero-order chi connectivity index (χ0) is 20.3. The Morgan fingerprint density at radius 2 is 1.72 bits per heavy atom. The van der Waals surface area contributed by atoms with Crippen LogP contribution >= 0.6 is 0 Å². The molecule has 4 rings (SSSR count). The largest absolute Gasteiger partial charge is 0.476 e. The molecule has 2 heterocycles. The predicted molar refractivity (Wildman–Crippen MR) is 119 cm³/mol. The Morgan fingerprint density at radius 1 is 1.00 bits per heavy atom. The third kappa shape index (κ3) is 5.04. The van der Waals surface area contributed by atoms with Crippen LogP contribution in [0.1, 0.15) is 39.2 Å². The molecular formula is C24H30N4O. The highest BCUT2D eigenvalue weighted by Crippen LogP contribution is 2.26. The fraction of sp³-hybridized carbons (Fsp3) is 0.417. The third-order valence-electron chi connectivity index (χ3n) is 5.49. The molecule has 1 saturated heterocycles. The highest BCUT2D eigenvalue weighted by Gasteiger charge is 2.14. The van der Waals surface area contributed by atoms with Crippen molar-refractivity contribution in [2.24, 2.45) is 5.92 Å². The predicted octanol–water partition coefficient (Wildman–Crippen LogP) is 5.05. The Labute approximate surface area is 172 Å². The molecule has 0 bridgehead atoms. The van der Waals surface area contributed by atoms with Crippen molar-refractivity contribution in [3.05, 3.63) is 54.2 Å². The highest BCUT2D eigenvalue weighted by molar-refractivity contribution is 5.80. The third-order valence-corrected chi connectivity index (χ3v) is 5.49. The fourth-order valence-corrected chi connectivity index (χ4v) is 3.61. The lowest BCUT2D eigenvalue weighted by atomic mass is 9.87. The van der Waals surface area contributed by atoms with E-state index in [-0.39, 0.29) is 5.41 Å². The van der Waals surface area contributed by atoms with Gasteiger partial charge in [0.15, 0.2) is 0 Å². The molecule has 29 heavy (non-hydrogen) atoms. The van der Waals surface area contributed by atoms with Gasteiger partial charge in [0.1, 0.15) is 0 Å². The quantitative estimate of drug-likeness (QED) is 0.638. The molecule has 1 aliphatic heterocycles. The minimum absolute atomic E-state index is 0.154. The average molecular weight is 391 g/mol. The maximum Gasteiger partial charge on any atom is 0.232 e. The van der Waals surface area contributed by atoms with Crippen molar-refractivity contribution in [1.82, 2.24) is 15.3 Å². The van der Waals surface area contributed by atoms with Gasteiger partial charge in [0, 0.05) is 11.4 Å². The van der Waals surface area contributed by atoms with E-state index < -0.39 is 0 Å². The molecule has 2 aromatic carbocycles. The summed E-state index contributed by atoms with van der Waals surface area (Å²) in [5.74, 6) is 1.19. The molecule has 0 aliphatic carbocycles. The van der Waals surface area contributed by atoms with E-state index in [1.807, 2.05) is 18.2 Å². The highest BCUT2D eigenvalue weighted by atomic mass is 16.5. The maximum atomic E-state index is 5.93. The zero-order valence-electron chi connectivity index (χ0n) is 17.5. The molecule has 1 fully saturated rings. The molecule has 0 unspecified atom stereocenters. The number of nitrogens with one attached hydrogen (secondary N) is 2. The van der Waals surface area contributed by atoms with E-state index in [4.69, 9.17) is 4.74 Å². The van der Waals surface area contributed by atoms with Crippen LogP contribution in [0.15, 0.2) is 48.7 Å². The second-order valence-corrected chi connectivity index (χ2v) is 8.87. The van der Waals surface area contributed by atoms with Gasteiger partial charge in [0.05, 0.1) is 23.8 Å². The Balaban J connectivity index is 1.46. The van der Waals surface area contributed by atoms with Crippen LogP contribution < -0.4 is 15.4 Å². The van der Waals surface area contributed by atoms with E-state index in [2.05, 4.69) is 65.6 Å². The van der Waals surface area contributed by atoms with Gasteiger partial charge in [0.25, 0.3) is 0 Å². The first-order chi connectivity index (χ1) is 14.0. The molecule has 0 atom stereocenters. The summed E-state index contributed by atoms with van der Waals surface area (Å²) in [7, 11) is 0. The minimum atomic E-state index is 0.154. The Hall–Kier alpha value is -2.66. The molecular weight excluding hydrogens is 360 g/mol. The van der Waals surface area contributed by atoms with Gasteiger partial charge in [-0.1, -0.05) is 32.9 Å². The van der Waals surface area contributed by atoms with Gasteiger partial charge in [-0.25, -0.2) is 9.97 Å². The second-order valence-electron chi connectivity index (χ2n) is 8.87. The van der Waals surface area contributed by atoms with E-state index in [1.54, 1.807) is 6.20 Å². The summed E-state index contributed by atoms with van der Waals surface area (Å²) >= 11 is 0. The van der Waals surface area contributed by atoms with E-state index in [9.17, 15) is 0 Å². The molecule has 2 N–H and O–H groups in total. The van der Waals surface area contributed by atoms with Gasteiger partial charge >= 0.3 is 0 Å². The van der Waals surface area contributed by atoms with Gasteiger partial charge in [-0.05, 0) is 73.2 Å². The Kier molecular flexibility index (Phi) is 5.67. The summed E-state index contributed by atoms with van der Waals surface area (Å²) in [5.41, 5.74) is 5.23. The maximum absolute atomic E-state index is 5.93. The van der Waals surface area contributed by atoms with Crippen LogP contribution in [0.2, 0.25) is 0 Å². The van der Waals surface area contributed by atoms with Crippen molar-refractivity contribution in [2.45, 2.75) is 39.0 Å². The lowest BCUT2D eigenvalue weighted by Crippen LogP contribution is -2.30. The van der Waals surface area contributed by atoms with E-state index in [0.29, 0.717) is 18.4 Å². The van der Waals surface area contributed by atoms with Crippen LogP contribution in [0.3, 0.4) is 0 Å². The van der Waals surface area contributed by atoms with E-state index >= 15 is 0 Å². The molecule has 0 radical (unpaired) electrons.